The summed E-state index contributed by atoms with van der Waals surface area (Å²) in [5, 5.41) is 0. The van der Waals surface area contributed by atoms with Gasteiger partial charge in [-0.1, -0.05) is 60.7 Å². The van der Waals surface area contributed by atoms with Crippen molar-refractivity contribution < 1.29 is 28.4 Å². The fraction of sp³-hybridized carbons (Fsp3) is 0.538. The summed E-state index contributed by atoms with van der Waals surface area (Å²) in [5.41, 5.74) is 2.19. The van der Waals surface area contributed by atoms with Gasteiger partial charge in [0.15, 0.2) is 11.6 Å². The van der Waals surface area contributed by atoms with Crippen LogP contribution in [0.15, 0.2) is 60.7 Å². The van der Waals surface area contributed by atoms with Gasteiger partial charge in [0, 0.05) is 0 Å². The van der Waals surface area contributed by atoms with E-state index in [9.17, 15) is 0 Å². The van der Waals surface area contributed by atoms with Crippen molar-refractivity contribution in [2.45, 2.75) is 89.1 Å². The lowest BCUT2D eigenvalue weighted by Crippen LogP contribution is -2.62. The van der Waals surface area contributed by atoms with E-state index in [0.29, 0.717) is 13.2 Å². The molecule has 2 aromatic carbocycles. The first-order chi connectivity index (χ1) is 15.3. The molecule has 1 saturated carbocycles. The first-order valence-electron chi connectivity index (χ1n) is 11.3. The third kappa shape index (κ3) is 4.49. The summed E-state index contributed by atoms with van der Waals surface area (Å²) in [5.74, 6) is -1.49. The molecule has 6 heteroatoms. The topological polar surface area (TPSA) is 55.4 Å². The van der Waals surface area contributed by atoms with Gasteiger partial charge in [0.25, 0.3) is 0 Å². The zero-order valence-corrected chi connectivity index (χ0v) is 19.1. The van der Waals surface area contributed by atoms with Crippen LogP contribution < -0.4 is 0 Å². The predicted octanol–water partition coefficient (Wildman–Crippen LogP) is 4.21. The van der Waals surface area contributed by atoms with Crippen LogP contribution in [-0.4, -0.2) is 48.2 Å². The third-order valence-corrected chi connectivity index (χ3v) is 6.19. The number of benzene rings is 2. The lowest BCUT2D eigenvalue weighted by Gasteiger charge is -2.42. The summed E-state index contributed by atoms with van der Waals surface area (Å²) in [6, 6.07) is 20.2. The van der Waals surface area contributed by atoms with Crippen LogP contribution >= 0.6 is 0 Å². The highest BCUT2D eigenvalue weighted by molar-refractivity contribution is 5.16. The molecule has 2 aliphatic heterocycles. The lowest BCUT2D eigenvalue weighted by molar-refractivity contribution is -0.191. The van der Waals surface area contributed by atoms with Gasteiger partial charge in [0.2, 0.25) is 0 Å². The van der Waals surface area contributed by atoms with Crippen LogP contribution in [0, 0.1) is 0 Å². The molecule has 0 bridgehead atoms. The van der Waals surface area contributed by atoms with Crippen LogP contribution in [0.4, 0.5) is 0 Å². The van der Waals surface area contributed by atoms with E-state index in [1.165, 1.54) is 0 Å². The Balaban J connectivity index is 1.41. The Bertz CT molecular complexity index is 796. The molecule has 0 N–H and O–H groups in total. The molecule has 0 aromatic heterocycles. The third-order valence-electron chi connectivity index (χ3n) is 6.19. The van der Waals surface area contributed by atoms with Crippen LogP contribution in [0.25, 0.3) is 0 Å². The largest absolute Gasteiger partial charge is 0.368 e. The molecule has 1 aliphatic carbocycles. The molecular formula is C26H32O6. The fourth-order valence-electron chi connectivity index (χ4n) is 4.94. The minimum atomic E-state index is -0.744. The van der Waals surface area contributed by atoms with E-state index >= 15 is 0 Å². The van der Waals surface area contributed by atoms with Crippen molar-refractivity contribution in [2.75, 3.05) is 0 Å². The van der Waals surface area contributed by atoms with Gasteiger partial charge in [0.05, 0.1) is 13.2 Å². The molecule has 172 valence electrons. The van der Waals surface area contributed by atoms with Crippen LogP contribution in [0.3, 0.4) is 0 Å². The molecule has 3 fully saturated rings. The normalized spacial score (nSPS) is 34.8. The zero-order valence-electron chi connectivity index (χ0n) is 19.1. The monoisotopic (exact) mass is 440 g/mol. The lowest BCUT2D eigenvalue weighted by atomic mass is 9.84. The van der Waals surface area contributed by atoms with Crippen molar-refractivity contribution in [1.82, 2.24) is 0 Å². The highest BCUT2D eigenvalue weighted by Crippen LogP contribution is 2.46. The van der Waals surface area contributed by atoms with Crippen molar-refractivity contribution in [3.05, 3.63) is 71.8 Å². The van der Waals surface area contributed by atoms with E-state index in [1.807, 2.05) is 64.1 Å². The quantitative estimate of drug-likeness (QED) is 0.671. The summed E-state index contributed by atoms with van der Waals surface area (Å²) < 4.78 is 38.3. The minimum absolute atomic E-state index is 0.326. The van der Waals surface area contributed by atoms with Crippen LogP contribution in [-0.2, 0) is 41.6 Å². The molecule has 6 nitrogen and oxygen atoms in total. The summed E-state index contributed by atoms with van der Waals surface area (Å²) in [6.45, 7) is 8.62. The SMILES string of the molecule is CC1(C)O[C@@H]2C(OCc3ccccc3)[C@@H]3OC(C)(C)O[C@H]3C(OCc3ccccc3)[C@@H]2O1. The molecule has 0 amide bonds. The van der Waals surface area contributed by atoms with E-state index in [4.69, 9.17) is 28.4 Å². The maximum Gasteiger partial charge on any atom is 0.164 e. The molecule has 3 aliphatic rings. The van der Waals surface area contributed by atoms with Gasteiger partial charge in [-0.25, -0.2) is 0 Å². The van der Waals surface area contributed by atoms with E-state index in [1.54, 1.807) is 0 Å². The van der Waals surface area contributed by atoms with Gasteiger partial charge in [-0.15, -0.1) is 0 Å². The Kier molecular flexibility index (Phi) is 5.86. The van der Waals surface area contributed by atoms with Crippen molar-refractivity contribution in [1.29, 1.82) is 0 Å². The molecule has 0 radical (unpaired) electrons. The van der Waals surface area contributed by atoms with Gasteiger partial charge in [-0.2, -0.15) is 0 Å². The van der Waals surface area contributed by atoms with E-state index in [0.717, 1.165) is 11.1 Å². The van der Waals surface area contributed by atoms with Gasteiger partial charge in [0.1, 0.15) is 36.6 Å². The second-order valence-corrected chi connectivity index (χ2v) is 9.65. The van der Waals surface area contributed by atoms with Crippen LogP contribution in [0.2, 0.25) is 0 Å². The van der Waals surface area contributed by atoms with Crippen molar-refractivity contribution in [3.8, 4) is 0 Å². The van der Waals surface area contributed by atoms with Gasteiger partial charge in [-0.05, 0) is 38.8 Å². The summed E-state index contributed by atoms with van der Waals surface area (Å²) in [6.07, 6.45) is -1.99. The van der Waals surface area contributed by atoms with Gasteiger partial charge >= 0.3 is 0 Å². The Hall–Kier alpha value is -1.80. The maximum atomic E-state index is 6.43. The summed E-state index contributed by atoms with van der Waals surface area (Å²) >= 11 is 0. The van der Waals surface area contributed by atoms with Crippen LogP contribution in [0.1, 0.15) is 38.8 Å². The maximum absolute atomic E-state index is 6.43. The number of hydrogen-bond donors (Lipinski definition) is 0. The molecule has 6 atom stereocenters. The zero-order chi connectivity index (χ0) is 22.3. The Morgan fingerprint density at radius 1 is 0.562 bits per heavy atom. The molecule has 32 heavy (non-hydrogen) atoms. The first-order valence-corrected chi connectivity index (χ1v) is 11.3. The Morgan fingerprint density at radius 3 is 1.19 bits per heavy atom. The van der Waals surface area contributed by atoms with Gasteiger partial charge in [-0.3, -0.25) is 0 Å². The predicted molar refractivity (Wildman–Crippen MR) is 118 cm³/mol. The van der Waals surface area contributed by atoms with Crippen molar-refractivity contribution in [3.63, 3.8) is 0 Å². The number of fused-ring (bicyclic) bond motifs is 2. The average Bonchev–Trinajstić information content (AvgIpc) is 3.26. The molecule has 2 saturated heterocycles. The summed E-state index contributed by atoms with van der Waals surface area (Å²) in [4.78, 5) is 0. The first kappa shape index (κ1) is 22.0. The standard InChI is InChI=1S/C26H32O6/c1-25(2)29-21-19(27-15-17-11-7-5-8-12-17)23-24(32-26(3,4)31-23)20(22(21)30-25)28-16-18-13-9-6-10-14-18/h5-14,19-24H,15-16H2,1-4H3/t19?,20?,21-,22-,23-,24+/m0/s1. The molecule has 5 rings (SSSR count). The number of rotatable bonds is 6. The van der Waals surface area contributed by atoms with E-state index < -0.39 is 11.6 Å². The minimum Gasteiger partial charge on any atom is -0.368 e. The Labute approximate surface area is 189 Å². The highest BCUT2D eigenvalue weighted by atomic mass is 16.8. The van der Waals surface area contributed by atoms with Crippen LogP contribution in [0.5, 0.6) is 0 Å². The van der Waals surface area contributed by atoms with Gasteiger partial charge < -0.3 is 28.4 Å². The van der Waals surface area contributed by atoms with E-state index in [2.05, 4.69) is 24.3 Å². The van der Waals surface area contributed by atoms with Crippen molar-refractivity contribution >= 4 is 0 Å². The second kappa shape index (κ2) is 8.52. The summed E-state index contributed by atoms with van der Waals surface area (Å²) in [7, 11) is 0. The smallest absolute Gasteiger partial charge is 0.164 e. The molecule has 2 unspecified atom stereocenters. The second-order valence-electron chi connectivity index (χ2n) is 9.65. The average molecular weight is 441 g/mol. The Morgan fingerprint density at radius 2 is 0.875 bits per heavy atom. The number of hydrogen-bond acceptors (Lipinski definition) is 6. The number of ether oxygens (including phenoxy) is 6. The van der Waals surface area contributed by atoms with Crippen molar-refractivity contribution in [2.24, 2.45) is 0 Å². The fourth-order valence-corrected chi connectivity index (χ4v) is 4.94. The van der Waals surface area contributed by atoms with E-state index in [-0.39, 0.29) is 36.6 Å². The molecule has 2 aromatic rings. The molecular weight excluding hydrogens is 408 g/mol. The highest BCUT2D eigenvalue weighted by Gasteiger charge is 2.64. The molecule has 0 spiro atoms. The molecule has 2 heterocycles.